The van der Waals surface area contributed by atoms with Crippen LogP contribution in [-0.2, 0) is 19.2 Å². The summed E-state index contributed by atoms with van der Waals surface area (Å²) < 4.78 is 0. The van der Waals surface area contributed by atoms with Crippen molar-refractivity contribution in [1.82, 2.24) is 5.06 Å². The van der Waals surface area contributed by atoms with Crippen LogP contribution in [0.5, 0.6) is 0 Å². The Morgan fingerprint density at radius 3 is 2.50 bits per heavy atom. The van der Waals surface area contributed by atoms with Gasteiger partial charge in [0.1, 0.15) is 18.6 Å². The van der Waals surface area contributed by atoms with Crippen LogP contribution in [0.3, 0.4) is 0 Å². The highest BCUT2D eigenvalue weighted by atomic mass is 16.7. The van der Waals surface area contributed by atoms with Crippen LogP contribution in [0.15, 0.2) is 0 Å². The summed E-state index contributed by atoms with van der Waals surface area (Å²) >= 11 is 0. The lowest BCUT2D eigenvalue weighted by atomic mass is 10.2. The molecular weight excluding hydrogens is 186 g/mol. The lowest BCUT2D eigenvalue weighted by molar-refractivity contribution is -0.195. The normalized spacial score (nSPS) is 11.9. The monoisotopic (exact) mass is 201 g/mol. The van der Waals surface area contributed by atoms with E-state index in [1.807, 2.05) is 0 Å². The Kier molecular flexibility index (Phi) is 6.57. The summed E-state index contributed by atoms with van der Waals surface area (Å²) in [4.78, 5) is 36.8. The van der Waals surface area contributed by atoms with Gasteiger partial charge in [-0.15, -0.1) is 0 Å². The molecule has 1 amide bonds. The van der Waals surface area contributed by atoms with E-state index in [9.17, 15) is 14.4 Å². The first-order valence-corrected chi connectivity index (χ1v) is 4.49. The van der Waals surface area contributed by atoms with E-state index in [0.717, 1.165) is 5.06 Å². The van der Waals surface area contributed by atoms with Gasteiger partial charge in [-0.1, -0.05) is 0 Å². The van der Waals surface area contributed by atoms with E-state index in [4.69, 9.17) is 4.84 Å². The summed E-state index contributed by atoms with van der Waals surface area (Å²) in [5.74, 6) is -0.338. The number of carbonyl (C=O) groups is 3. The quantitative estimate of drug-likeness (QED) is 0.440. The van der Waals surface area contributed by atoms with Crippen molar-refractivity contribution >= 4 is 18.5 Å². The van der Waals surface area contributed by atoms with Crippen molar-refractivity contribution in [2.75, 3.05) is 6.61 Å². The minimum absolute atomic E-state index is 0.236. The van der Waals surface area contributed by atoms with Gasteiger partial charge in [-0.25, -0.2) is 5.06 Å². The van der Waals surface area contributed by atoms with Crippen molar-refractivity contribution in [3.8, 4) is 0 Å². The van der Waals surface area contributed by atoms with Gasteiger partial charge in [-0.05, 0) is 13.3 Å². The molecule has 0 saturated heterocycles. The van der Waals surface area contributed by atoms with E-state index in [2.05, 4.69) is 0 Å². The number of hydrogen-bond acceptors (Lipinski definition) is 4. The molecule has 1 unspecified atom stereocenters. The van der Waals surface area contributed by atoms with Crippen LogP contribution in [0.25, 0.3) is 0 Å². The predicted molar refractivity (Wildman–Crippen MR) is 49.3 cm³/mol. The van der Waals surface area contributed by atoms with E-state index in [1.54, 1.807) is 6.92 Å². The minimum Gasteiger partial charge on any atom is -0.303 e. The Bertz CT molecular complexity index is 205. The molecule has 0 spiro atoms. The van der Waals surface area contributed by atoms with E-state index in [-0.39, 0.29) is 12.3 Å². The van der Waals surface area contributed by atoms with Crippen molar-refractivity contribution in [1.29, 1.82) is 0 Å². The molecule has 5 nitrogen and oxygen atoms in total. The van der Waals surface area contributed by atoms with Crippen LogP contribution >= 0.6 is 0 Å². The largest absolute Gasteiger partial charge is 0.303 e. The van der Waals surface area contributed by atoms with E-state index < -0.39 is 6.04 Å². The summed E-state index contributed by atoms with van der Waals surface area (Å²) in [7, 11) is 0. The third-order valence-corrected chi connectivity index (χ3v) is 1.62. The fourth-order valence-electron chi connectivity index (χ4n) is 1.04. The molecule has 0 aliphatic carbocycles. The van der Waals surface area contributed by atoms with Crippen molar-refractivity contribution < 1.29 is 19.2 Å². The Balaban J connectivity index is 4.32. The standard InChI is InChI=1S/C9H15NO4/c1-3-14-10(8(2)13)9(7-12)5-4-6-11/h6-7,9H,3-5H2,1-2H3. The molecule has 0 aliphatic rings. The molecule has 0 rings (SSSR count). The van der Waals surface area contributed by atoms with Crippen LogP contribution in [0, 0.1) is 0 Å². The maximum atomic E-state index is 11.1. The lowest BCUT2D eigenvalue weighted by Crippen LogP contribution is -2.40. The summed E-state index contributed by atoms with van der Waals surface area (Å²) in [6.45, 7) is 3.34. The van der Waals surface area contributed by atoms with Crippen molar-refractivity contribution in [2.45, 2.75) is 32.7 Å². The fourth-order valence-corrected chi connectivity index (χ4v) is 1.04. The van der Waals surface area contributed by atoms with Crippen LogP contribution in [-0.4, -0.2) is 36.2 Å². The minimum atomic E-state index is -0.669. The first-order valence-electron chi connectivity index (χ1n) is 4.49. The highest BCUT2D eigenvalue weighted by Gasteiger charge is 2.20. The van der Waals surface area contributed by atoms with Gasteiger partial charge in [-0.2, -0.15) is 0 Å². The van der Waals surface area contributed by atoms with Gasteiger partial charge in [0.25, 0.3) is 0 Å². The zero-order valence-electron chi connectivity index (χ0n) is 8.43. The number of carbonyl (C=O) groups excluding carboxylic acids is 3. The highest BCUT2D eigenvalue weighted by Crippen LogP contribution is 2.05. The van der Waals surface area contributed by atoms with Crippen molar-refractivity contribution in [2.24, 2.45) is 0 Å². The van der Waals surface area contributed by atoms with Crippen molar-refractivity contribution in [3.63, 3.8) is 0 Å². The molecular formula is C9H15NO4. The van der Waals surface area contributed by atoms with Gasteiger partial charge in [0.15, 0.2) is 0 Å². The second-order valence-corrected chi connectivity index (χ2v) is 2.71. The molecule has 14 heavy (non-hydrogen) atoms. The van der Waals surface area contributed by atoms with E-state index >= 15 is 0 Å². The average molecular weight is 201 g/mol. The molecule has 0 heterocycles. The van der Waals surface area contributed by atoms with Crippen LogP contribution < -0.4 is 0 Å². The molecule has 0 aromatic carbocycles. The van der Waals surface area contributed by atoms with Crippen LogP contribution in [0.4, 0.5) is 0 Å². The summed E-state index contributed by atoms with van der Waals surface area (Å²) in [5.41, 5.74) is 0. The molecule has 1 atom stereocenters. The maximum absolute atomic E-state index is 11.1. The molecule has 0 aromatic rings. The molecule has 0 saturated carbocycles. The molecule has 0 N–H and O–H groups in total. The smallest absolute Gasteiger partial charge is 0.243 e. The molecule has 0 aliphatic heterocycles. The van der Waals surface area contributed by atoms with Crippen LogP contribution in [0.1, 0.15) is 26.7 Å². The zero-order valence-corrected chi connectivity index (χ0v) is 8.43. The van der Waals surface area contributed by atoms with Gasteiger partial charge in [-0.3, -0.25) is 9.63 Å². The fraction of sp³-hybridized carbons (Fsp3) is 0.667. The Labute approximate surface area is 83.0 Å². The van der Waals surface area contributed by atoms with Gasteiger partial charge < -0.3 is 9.59 Å². The number of hydroxylamine groups is 2. The number of hydrogen-bond donors (Lipinski definition) is 0. The van der Waals surface area contributed by atoms with E-state index in [0.29, 0.717) is 25.6 Å². The van der Waals surface area contributed by atoms with Gasteiger partial charge in [0, 0.05) is 13.3 Å². The van der Waals surface area contributed by atoms with Crippen molar-refractivity contribution in [3.05, 3.63) is 0 Å². The zero-order chi connectivity index (χ0) is 11.0. The second-order valence-electron chi connectivity index (χ2n) is 2.71. The van der Waals surface area contributed by atoms with Gasteiger partial charge in [0.2, 0.25) is 5.91 Å². The van der Waals surface area contributed by atoms with E-state index in [1.165, 1.54) is 6.92 Å². The molecule has 0 bridgehead atoms. The Hall–Kier alpha value is -1.23. The molecule has 5 heteroatoms. The molecule has 0 radical (unpaired) electrons. The summed E-state index contributed by atoms with van der Waals surface area (Å²) in [6.07, 6.45) is 1.86. The third kappa shape index (κ3) is 4.13. The Morgan fingerprint density at radius 1 is 1.50 bits per heavy atom. The number of amides is 1. The summed E-state index contributed by atoms with van der Waals surface area (Å²) in [5, 5.41) is 1.01. The predicted octanol–water partition coefficient (Wildman–Crippen LogP) is 0.333. The maximum Gasteiger partial charge on any atom is 0.243 e. The molecule has 0 fully saturated rings. The number of aldehydes is 2. The molecule has 0 aromatic heterocycles. The van der Waals surface area contributed by atoms with Gasteiger partial charge in [0.05, 0.1) is 6.61 Å². The van der Waals surface area contributed by atoms with Gasteiger partial charge >= 0.3 is 0 Å². The Morgan fingerprint density at radius 2 is 2.14 bits per heavy atom. The second kappa shape index (κ2) is 7.20. The first kappa shape index (κ1) is 12.8. The SMILES string of the molecule is CCON(C(C)=O)C(C=O)CCC=O. The third-order valence-electron chi connectivity index (χ3n) is 1.62. The first-order chi connectivity index (χ1) is 6.67. The van der Waals surface area contributed by atoms with Crippen LogP contribution in [0.2, 0.25) is 0 Å². The topological polar surface area (TPSA) is 63.7 Å². The average Bonchev–Trinajstić information content (AvgIpc) is 2.17. The number of rotatable bonds is 7. The molecule has 80 valence electrons. The summed E-state index contributed by atoms with van der Waals surface area (Å²) in [6, 6.07) is -0.669. The number of nitrogens with zero attached hydrogens (tertiary/aromatic N) is 1. The lowest BCUT2D eigenvalue weighted by Gasteiger charge is -2.24. The highest BCUT2D eigenvalue weighted by molar-refractivity contribution is 5.76.